The van der Waals surface area contributed by atoms with Crippen molar-refractivity contribution in [2.75, 3.05) is 5.32 Å². The average Bonchev–Trinajstić information content (AvgIpc) is 3.09. The first-order valence-electron chi connectivity index (χ1n) is 10.6. The first-order valence-corrected chi connectivity index (χ1v) is 10.6. The number of benzene rings is 2. The number of pyridine rings is 1. The standard InChI is InChI=1S/C26H28N4/c1-16(2)10-13-21-19(5)22(15-27)26-29-23-8-6-7-9-24(23)30(26)25(21)28-20-12-11-17(3)18(4)14-20/h6-9,11-12,14,16,28H,10,13H2,1-5H3. The van der Waals surface area contributed by atoms with Crippen LogP contribution in [0.15, 0.2) is 42.5 Å². The van der Waals surface area contributed by atoms with Crippen LogP contribution < -0.4 is 5.32 Å². The summed E-state index contributed by atoms with van der Waals surface area (Å²) in [6.07, 6.45) is 1.97. The third-order valence-corrected chi connectivity index (χ3v) is 5.97. The van der Waals surface area contributed by atoms with E-state index in [1.165, 1.54) is 16.7 Å². The first-order chi connectivity index (χ1) is 14.4. The molecular weight excluding hydrogens is 368 g/mol. The maximum absolute atomic E-state index is 9.97. The molecule has 0 fully saturated rings. The van der Waals surface area contributed by atoms with Gasteiger partial charge in [-0.3, -0.25) is 4.40 Å². The summed E-state index contributed by atoms with van der Waals surface area (Å²) in [5, 5.41) is 13.7. The number of para-hydroxylation sites is 2. The number of nitriles is 1. The summed E-state index contributed by atoms with van der Waals surface area (Å²) >= 11 is 0. The molecule has 1 N–H and O–H groups in total. The van der Waals surface area contributed by atoms with Crippen LogP contribution in [0.5, 0.6) is 0 Å². The van der Waals surface area contributed by atoms with Crippen molar-refractivity contribution < 1.29 is 0 Å². The Morgan fingerprint density at radius 3 is 2.53 bits per heavy atom. The molecule has 0 amide bonds. The van der Waals surface area contributed by atoms with Gasteiger partial charge in [-0.2, -0.15) is 5.26 Å². The molecule has 0 unspecified atom stereocenters. The molecule has 2 heterocycles. The molecule has 0 spiro atoms. The Bertz CT molecular complexity index is 1290. The summed E-state index contributed by atoms with van der Waals surface area (Å²) in [6.45, 7) is 10.8. The van der Waals surface area contributed by atoms with Gasteiger partial charge in [0.15, 0.2) is 5.65 Å². The first kappa shape index (κ1) is 20.0. The van der Waals surface area contributed by atoms with Gasteiger partial charge in [-0.1, -0.05) is 32.0 Å². The summed E-state index contributed by atoms with van der Waals surface area (Å²) in [6, 6.07) is 17.0. The Hall–Kier alpha value is -3.32. The van der Waals surface area contributed by atoms with Crippen LogP contribution in [0.4, 0.5) is 11.5 Å². The SMILES string of the molecule is Cc1ccc(Nc2c(CCC(C)C)c(C)c(C#N)c3nc4ccccc4n23)cc1C. The number of nitrogens with zero attached hydrogens (tertiary/aromatic N) is 3. The average molecular weight is 397 g/mol. The number of hydrogen-bond donors (Lipinski definition) is 1. The maximum atomic E-state index is 9.97. The van der Waals surface area contributed by atoms with E-state index in [0.29, 0.717) is 11.5 Å². The van der Waals surface area contributed by atoms with Crippen LogP contribution in [0.1, 0.15) is 48.1 Å². The zero-order valence-electron chi connectivity index (χ0n) is 18.4. The molecule has 4 heteroatoms. The number of nitrogens with one attached hydrogen (secondary N) is 1. The molecule has 0 saturated carbocycles. The van der Waals surface area contributed by atoms with E-state index in [4.69, 9.17) is 4.98 Å². The number of imidazole rings is 1. The highest BCUT2D eigenvalue weighted by molar-refractivity contribution is 5.87. The summed E-state index contributed by atoms with van der Waals surface area (Å²) in [5.41, 5.74) is 9.08. The lowest BCUT2D eigenvalue weighted by Gasteiger charge is -2.20. The van der Waals surface area contributed by atoms with Crippen molar-refractivity contribution >= 4 is 28.2 Å². The lowest BCUT2D eigenvalue weighted by molar-refractivity contribution is 0.585. The van der Waals surface area contributed by atoms with Gasteiger partial charge in [-0.15, -0.1) is 0 Å². The fourth-order valence-corrected chi connectivity index (χ4v) is 4.01. The normalized spacial score (nSPS) is 11.4. The molecule has 4 nitrogen and oxygen atoms in total. The Morgan fingerprint density at radius 2 is 1.83 bits per heavy atom. The molecule has 0 aliphatic rings. The van der Waals surface area contributed by atoms with E-state index >= 15 is 0 Å². The number of fused-ring (bicyclic) bond motifs is 3. The van der Waals surface area contributed by atoms with Crippen LogP contribution in [0.2, 0.25) is 0 Å². The van der Waals surface area contributed by atoms with E-state index in [2.05, 4.69) is 74.7 Å². The molecule has 0 bridgehead atoms. The molecule has 0 aliphatic heterocycles. The van der Waals surface area contributed by atoms with Gasteiger partial charge in [0.25, 0.3) is 0 Å². The molecule has 2 aromatic carbocycles. The zero-order chi connectivity index (χ0) is 21.4. The van der Waals surface area contributed by atoms with Crippen molar-refractivity contribution in [3.8, 4) is 6.07 Å². The van der Waals surface area contributed by atoms with Crippen molar-refractivity contribution in [3.63, 3.8) is 0 Å². The highest BCUT2D eigenvalue weighted by Crippen LogP contribution is 2.34. The van der Waals surface area contributed by atoms with Gasteiger partial charge >= 0.3 is 0 Å². The van der Waals surface area contributed by atoms with Gasteiger partial charge in [0.1, 0.15) is 11.9 Å². The summed E-state index contributed by atoms with van der Waals surface area (Å²) < 4.78 is 2.13. The van der Waals surface area contributed by atoms with E-state index in [1.807, 2.05) is 18.2 Å². The predicted octanol–water partition coefficient (Wildman–Crippen LogP) is 6.62. The fourth-order valence-electron chi connectivity index (χ4n) is 4.01. The third kappa shape index (κ3) is 3.41. The molecule has 0 radical (unpaired) electrons. The monoisotopic (exact) mass is 396 g/mol. The zero-order valence-corrected chi connectivity index (χ0v) is 18.4. The van der Waals surface area contributed by atoms with Crippen molar-refractivity contribution in [2.45, 2.75) is 47.5 Å². The van der Waals surface area contributed by atoms with E-state index < -0.39 is 0 Å². The third-order valence-electron chi connectivity index (χ3n) is 5.97. The second-order valence-corrected chi connectivity index (χ2v) is 8.56. The minimum absolute atomic E-state index is 0.583. The van der Waals surface area contributed by atoms with Crippen LogP contribution >= 0.6 is 0 Å². The summed E-state index contributed by atoms with van der Waals surface area (Å²) in [4.78, 5) is 4.82. The number of aromatic nitrogens is 2. The van der Waals surface area contributed by atoms with E-state index in [-0.39, 0.29) is 0 Å². The highest BCUT2D eigenvalue weighted by atomic mass is 15.1. The van der Waals surface area contributed by atoms with Crippen LogP contribution in [0.3, 0.4) is 0 Å². The van der Waals surface area contributed by atoms with E-state index in [0.717, 1.165) is 46.6 Å². The van der Waals surface area contributed by atoms with Gasteiger partial charge in [0.05, 0.1) is 16.6 Å². The minimum atomic E-state index is 0.583. The van der Waals surface area contributed by atoms with Gasteiger partial charge in [0, 0.05) is 5.69 Å². The molecular formula is C26H28N4. The second kappa shape index (κ2) is 7.84. The van der Waals surface area contributed by atoms with Crippen LogP contribution in [0.25, 0.3) is 16.7 Å². The Kier molecular flexibility index (Phi) is 5.22. The van der Waals surface area contributed by atoms with Crippen molar-refractivity contribution in [3.05, 3.63) is 70.3 Å². The number of rotatable bonds is 5. The second-order valence-electron chi connectivity index (χ2n) is 8.56. The smallest absolute Gasteiger partial charge is 0.157 e. The lowest BCUT2D eigenvalue weighted by atomic mass is 9.96. The van der Waals surface area contributed by atoms with E-state index in [1.54, 1.807) is 0 Å². The Morgan fingerprint density at radius 1 is 1.07 bits per heavy atom. The Balaban J connectivity index is 2.04. The van der Waals surface area contributed by atoms with Crippen molar-refractivity contribution in [1.29, 1.82) is 5.26 Å². The minimum Gasteiger partial charge on any atom is -0.341 e. The van der Waals surface area contributed by atoms with Crippen LogP contribution in [-0.2, 0) is 6.42 Å². The molecule has 0 saturated heterocycles. The molecule has 2 aromatic heterocycles. The summed E-state index contributed by atoms with van der Waals surface area (Å²) in [5.74, 6) is 1.60. The van der Waals surface area contributed by atoms with E-state index in [9.17, 15) is 5.26 Å². The van der Waals surface area contributed by atoms with Crippen molar-refractivity contribution in [2.24, 2.45) is 5.92 Å². The molecule has 30 heavy (non-hydrogen) atoms. The molecule has 4 rings (SSSR count). The topological polar surface area (TPSA) is 53.1 Å². The Labute approximate surface area is 178 Å². The van der Waals surface area contributed by atoms with Gasteiger partial charge in [-0.25, -0.2) is 4.98 Å². The van der Waals surface area contributed by atoms with Gasteiger partial charge < -0.3 is 5.32 Å². The molecule has 152 valence electrons. The number of hydrogen-bond acceptors (Lipinski definition) is 3. The number of aryl methyl sites for hydroxylation is 2. The highest BCUT2D eigenvalue weighted by Gasteiger charge is 2.21. The van der Waals surface area contributed by atoms with Gasteiger partial charge in [0.2, 0.25) is 0 Å². The quantitative estimate of drug-likeness (QED) is 0.412. The summed E-state index contributed by atoms with van der Waals surface area (Å²) in [7, 11) is 0. The van der Waals surface area contributed by atoms with Gasteiger partial charge in [-0.05, 0) is 86.1 Å². The lowest BCUT2D eigenvalue weighted by Crippen LogP contribution is -2.09. The molecule has 0 aliphatic carbocycles. The molecule has 0 atom stereocenters. The maximum Gasteiger partial charge on any atom is 0.157 e. The van der Waals surface area contributed by atoms with Crippen LogP contribution in [-0.4, -0.2) is 9.38 Å². The molecule has 4 aromatic rings. The van der Waals surface area contributed by atoms with Crippen molar-refractivity contribution in [1.82, 2.24) is 9.38 Å². The predicted molar refractivity (Wildman–Crippen MR) is 125 cm³/mol. The largest absolute Gasteiger partial charge is 0.341 e. The number of anilines is 2. The van der Waals surface area contributed by atoms with Crippen LogP contribution in [0, 0.1) is 38.0 Å². The fraction of sp³-hybridized carbons (Fsp3) is 0.308.